The molecule has 3 rings (SSSR count). The van der Waals surface area contributed by atoms with E-state index in [9.17, 15) is 9.59 Å². The Labute approximate surface area is 149 Å². The van der Waals surface area contributed by atoms with E-state index >= 15 is 0 Å². The van der Waals surface area contributed by atoms with Gasteiger partial charge in [-0.3, -0.25) is 9.59 Å². The number of carbonyl (C=O) groups excluding carboxylic acids is 1. The molecule has 0 bridgehead atoms. The van der Waals surface area contributed by atoms with Gasteiger partial charge in [0.05, 0.1) is 19.9 Å². The smallest absolute Gasteiger partial charge is 0.287 e. The van der Waals surface area contributed by atoms with E-state index in [0.29, 0.717) is 11.5 Å². The van der Waals surface area contributed by atoms with Crippen molar-refractivity contribution in [2.24, 2.45) is 0 Å². The molecule has 1 N–H and O–H groups in total. The van der Waals surface area contributed by atoms with Crippen LogP contribution in [0.3, 0.4) is 0 Å². The average molecular weight is 355 g/mol. The molecule has 1 amide bonds. The summed E-state index contributed by atoms with van der Waals surface area (Å²) in [6, 6.07) is 11.8. The predicted octanol–water partition coefficient (Wildman–Crippen LogP) is 2.75. The average Bonchev–Trinajstić information content (AvgIpc) is 3.19. The molecule has 7 heteroatoms. The zero-order valence-corrected chi connectivity index (χ0v) is 14.1. The molecular weight excluding hydrogens is 338 g/mol. The van der Waals surface area contributed by atoms with Crippen LogP contribution in [-0.4, -0.2) is 13.0 Å². The normalized spacial score (nSPS) is 10.3. The van der Waals surface area contributed by atoms with E-state index in [1.54, 1.807) is 25.3 Å². The zero-order chi connectivity index (χ0) is 18.4. The van der Waals surface area contributed by atoms with Crippen molar-refractivity contribution in [3.63, 3.8) is 0 Å². The first-order valence-corrected chi connectivity index (χ1v) is 7.85. The molecule has 0 saturated carbocycles. The predicted molar refractivity (Wildman–Crippen MR) is 92.2 cm³/mol. The first-order chi connectivity index (χ1) is 12.7. The molecule has 0 unspecified atom stereocenters. The summed E-state index contributed by atoms with van der Waals surface area (Å²) in [4.78, 5) is 24.1. The van der Waals surface area contributed by atoms with Gasteiger partial charge in [-0.25, -0.2) is 0 Å². The second kappa shape index (κ2) is 8.06. The molecule has 0 atom stereocenters. The fourth-order valence-electron chi connectivity index (χ4n) is 2.21. The second-order valence-electron chi connectivity index (χ2n) is 5.38. The molecule has 134 valence electrons. The van der Waals surface area contributed by atoms with Gasteiger partial charge in [0.2, 0.25) is 11.2 Å². The van der Waals surface area contributed by atoms with Gasteiger partial charge in [0.15, 0.2) is 5.76 Å². The van der Waals surface area contributed by atoms with Crippen molar-refractivity contribution in [1.29, 1.82) is 0 Å². The van der Waals surface area contributed by atoms with Crippen LogP contribution in [0, 0.1) is 0 Å². The van der Waals surface area contributed by atoms with Crippen LogP contribution < -0.4 is 20.2 Å². The van der Waals surface area contributed by atoms with Crippen molar-refractivity contribution in [2.45, 2.75) is 13.2 Å². The number of hydrogen-bond donors (Lipinski definition) is 1. The molecule has 7 nitrogen and oxygen atoms in total. The van der Waals surface area contributed by atoms with Crippen LogP contribution in [0.4, 0.5) is 0 Å². The summed E-state index contributed by atoms with van der Waals surface area (Å²) >= 11 is 0. The number of carbonyl (C=O) groups is 1. The van der Waals surface area contributed by atoms with Gasteiger partial charge in [0.1, 0.15) is 24.4 Å². The highest BCUT2D eigenvalue weighted by molar-refractivity contribution is 5.91. The molecule has 2 heterocycles. The third-order valence-electron chi connectivity index (χ3n) is 3.55. The minimum atomic E-state index is -0.516. The first kappa shape index (κ1) is 17.3. The molecule has 0 aliphatic carbocycles. The Morgan fingerprint density at radius 3 is 2.77 bits per heavy atom. The minimum absolute atomic E-state index is 0.0235. The van der Waals surface area contributed by atoms with Gasteiger partial charge < -0.3 is 23.6 Å². The highest BCUT2D eigenvalue weighted by Crippen LogP contribution is 2.15. The van der Waals surface area contributed by atoms with Gasteiger partial charge in [-0.2, -0.15) is 0 Å². The maximum Gasteiger partial charge on any atom is 0.287 e. The number of rotatable bonds is 7. The molecule has 0 aliphatic heterocycles. The fourth-order valence-corrected chi connectivity index (χ4v) is 2.21. The Hall–Kier alpha value is -3.48. The van der Waals surface area contributed by atoms with Crippen molar-refractivity contribution in [3.05, 3.63) is 82.3 Å². The zero-order valence-electron chi connectivity index (χ0n) is 14.1. The van der Waals surface area contributed by atoms with E-state index in [-0.39, 0.29) is 24.7 Å². The van der Waals surface area contributed by atoms with E-state index < -0.39 is 11.3 Å². The van der Waals surface area contributed by atoms with Gasteiger partial charge >= 0.3 is 0 Å². The molecule has 1 aromatic carbocycles. The fraction of sp³-hybridized carbons (Fsp3) is 0.158. The van der Waals surface area contributed by atoms with Crippen LogP contribution >= 0.6 is 0 Å². The van der Waals surface area contributed by atoms with Crippen molar-refractivity contribution in [1.82, 2.24) is 5.32 Å². The van der Waals surface area contributed by atoms with Crippen LogP contribution in [0.25, 0.3) is 0 Å². The van der Waals surface area contributed by atoms with Crippen LogP contribution in [0.5, 0.6) is 11.5 Å². The van der Waals surface area contributed by atoms with E-state index in [1.165, 1.54) is 6.26 Å². The molecule has 0 fully saturated rings. The Balaban J connectivity index is 1.61. The van der Waals surface area contributed by atoms with Gasteiger partial charge in [-0.1, -0.05) is 12.1 Å². The van der Waals surface area contributed by atoms with Gasteiger partial charge in [-0.05, 0) is 29.8 Å². The maximum atomic E-state index is 12.1. The maximum absolute atomic E-state index is 12.1. The quantitative estimate of drug-likeness (QED) is 0.701. The Bertz CT molecular complexity index is 929. The Morgan fingerprint density at radius 2 is 2.04 bits per heavy atom. The highest BCUT2D eigenvalue weighted by atomic mass is 16.5. The monoisotopic (exact) mass is 355 g/mol. The summed E-state index contributed by atoms with van der Waals surface area (Å²) in [5.74, 6) is 0.698. The standard InChI is InChI=1S/C19H17NO6/c1-23-14-5-2-4-13(8-14)11-25-18-12-26-17(9-16(18)21)19(22)20-10-15-6-3-7-24-15/h2-9,12H,10-11H2,1H3,(H,20,22). The SMILES string of the molecule is COc1cccc(COc2coc(C(=O)NCc3ccco3)cc2=O)c1. The lowest BCUT2D eigenvalue weighted by molar-refractivity contribution is 0.0916. The summed E-state index contributed by atoms with van der Waals surface area (Å²) in [6.45, 7) is 0.371. The summed E-state index contributed by atoms with van der Waals surface area (Å²) < 4.78 is 20.9. The highest BCUT2D eigenvalue weighted by Gasteiger charge is 2.12. The van der Waals surface area contributed by atoms with Crippen molar-refractivity contribution in [2.75, 3.05) is 7.11 Å². The van der Waals surface area contributed by atoms with Crippen molar-refractivity contribution >= 4 is 5.91 Å². The second-order valence-corrected chi connectivity index (χ2v) is 5.38. The number of methoxy groups -OCH3 is 1. The number of amides is 1. The van der Waals surface area contributed by atoms with E-state index in [4.69, 9.17) is 18.3 Å². The number of nitrogens with one attached hydrogen (secondary N) is 1. The van der Waals surface area contributed by atoms with Gasteiger partial charge in [-0.15, -0.1) is 0 Å². The van der Waals surface area contributed by atoms with Crippen LogP contribution in [-0.2, 0) is 13.2 Å². The third-order valence-corrected chi connectivity index (χ3v) is 3.55. The van der Waals surface area contributed by atoms with Gasteiger partial charge in [0.25, 0.3) is 5.91 Å². The molecular formula is C19H17NO6. The van der Waals surface area contributed by atoms with Crippen LogP contribution in [0.15, 0.2) is 68.6 Å². The first-order valence-electron chi connectivity index (χ1n) is 7.85. The van der Waals surface area contributed by atoms with Crippen LogP contribution in [0.1, 0.15) is 21.9 Å². The number of furan rings is 1. The van der Waals surface area contributed by atoms with E-state index in [2.05, 4.69) is 5.32 Å². The van der Waals surface area contributed by atoms with Crippen molar-refractivity contribution in [3.8, 4) is 11.5 Å². The molecule has 3 aromatic rings. The van der Waals surface area contributed by atoms with Crippen LogP contribution in [0.2, 0.25) is 0 Å². The van der Waals surface area contributed by atoms with E-state index in [1.807, 2.05) is 18.2 Å². The largest absolute Gasteiger partial charge is 0.497 e. The Kier molecular flexibility index (Phi) is 5.38. The number of benzene rings is 1. The van der Waals surface area contributed by atoms with Crippen molar-refractivity contribution < 1.29 is 23.1 Å². The molecule has 0 radical (unpaired) electrons. The lowest BCUT2D eigenvalue weighted by Gasteiger charge is -2.07. The topological polar surface area (TPSA) is 90.9 Å². The summed E-state index contributed by atoms with van der Waals surface area (Å²) in [5, 5.41) is 2.60. The lowest BCUT2D eigenvalue weighted by Crippen LogP contribution is -2.23. The lowest BCUT2D eigenvalue weighted by atomic mass is 10.2. The number of hydrogen-bond acceptors (Lipinski definition) is 6. The van der Waals surface area contributed by atoms with Gasteiger partial charge in [0, 0.05) is 6.07 Å². The minimum Gasteiger partial charge on any atom is -0.497 e. The molecule has 26 heavy (non-hydrogen) atoms. The molecule has 0 saturated heterocycles. The number of ether oxygens (including phenoxy) is 2. The van der Waals surface area contributed by atoms with E-state index in [0.717, 1.165) is 17.9 Å². The molecule has 2 aromatic heterocycles. The third kappa shape index (κ3) is 4.32. The summed E-state index contributed by atoms with van der Waals surface area (Å²) in [5.41, 5.74) is 0.395. The Morgan fingerprint density at radius 1 is 1.15 bits per heavy atom. The summed E-state index contributed by atoms with van der Waals surface area (Å²) in [7, 11) is 1.57. The summed E-state index contributed by atoms with van der Waals surface area (Å²) in [6.07, 6.45) is 2.64. The molecule has 0 spiro atoms. The molecule has 0 aliphatic rings.